The first-order chi connectivity index (χ1) is 12.3. The molecular weight excluding hydrogens is 356 g/mol. The van der Waals surface area contributed by atoms with E-state index in [1.165, 1.54) is 22.7 Å². The molecule has 0 aliphatic carbocycles. The van der Waals surface area contributed by atoms with E-state index in [4.69, 9.17) is 16.3 Å². The van der Waals surface area contributed by atoms with Crippen LogP contribution >= 0.6 is 11.6 Å². The smallest absolute Gasteiger partial charge is 0.332 e. The lowest BCUT2D eigenvalue weighted by Gasteiger charge is -2.10. The van der Waals surface area contributed by atoms with Gasteiger partial charge in [0.05, 0.1) is 6.61 Å². The van der Waals surface area contributed by atoms with Crippen molar-refractivity contribution in [2.75, 3.05) is 6.61 Å². The summed E-state index contributed by atoms with van der Waals surface area (Å²) in [7, 11) is 3.01. The number of rotatable bonds is 5. The van der Waals surface area contributed by atoms with E-state index in [2.05, 4.69) is 11.9 Å². The van der Waals surface area contributed by atoms with Crippen LogP contribution in [0.15, 0.2) is 27.8 Å². The predicted molar refractivity (Wildman–Crippen MR) is 101 cm³/mol. The number of aromatic nitrogens is 4. The van der Waals surface area contributed by atoms with E-state index in [-0.39, 0.29) is 10.9 Å². The van der Waals surface area contributed by atoms with Crippen LogP contribution in [0.2, 0.25) is 5.28 Å². The van der Waals surface area contributed by atoms with E-state index in [1.54, 1.807) is 11.6 Å². The molecule has 26 heavy (non-hydrogen) atoms. The van der Waals surface area contributed by atoms with Gasteiger partial charge in [-0.25, -0.2) is 4.79 Å². The lowest BCUT2D eigenvalue weighted by Crippen LogP contribution is -2.37. The first-order valence-electron chi connectivity index (χ1n) is 8.33. The summed E-state index contributed by atoms with van der Waals surface area (Å²) in [6.07, 6.45) is 0.643. The maximum absolute atomic E-state index is 12.5. The van der Waals surface area contributed by atoms with Crippen LogP contribution in [-0.4, -0.2) is 25.3 Å². The van der Waals surface area contributed by atoms with Crippen molar-refractivity contribution in [3.63, 3.8) is 0 Å². The lowest BCUT2D eigenvalue weighted by atomic mass is 10.1. The second-order valence-corrected chi connectivity index (χ2v) is 6.70. The average Bonchev–Trinajstić information content (AvgIpc) is 2.94. The first kappa shape index (κ1) is 18.3. The predicted octanol–water partition coefficient (Wildman–Crippen LogP) is 2.17. The average molecular weight is 377 g/mol. The highest BCUT2D eigenvalue weighted by Crippen LogP contribution is 2.18. The van der Waals surface area contributed by atoms with Gasteiger partial charge in [-0.15, -0.1) is 0 Å². The topological polar surface area (TPSA) is 71.1 Å². The highest BCUT2D eigenvalue weighted by Gasteiger charge is 2.17. The van der Waals surface area contributed by atoms with E-state index >= 15 is 0 Å². The Morgan fingerprint density at radius 3 is 2.54 bits per heavy atom. The first-order valence-corrected chi connectivity index (χ1v) is 8.71. The fourth-order valence-electron chi connectivity index (χ4n) is 2.84. The van der Waals surface area contributed by atoms with E-state index in [9.17, 15) is 9.59 Å². The van der Waals surface area contributed by atoms with Gasteiger partial charge in [0.15, 0.2) is 11.2 Å². The van der Waals surface area contributed by atoms with Crippen LogP contribution in [0.5, 0.6) is 5.75 Å². The second kappa shape index (κ2) is 6.99. The molecule has 0 aliphatic rings. The van der Waals surface area contributed by atoms with E-state index in [0.717, 1.165) is 10.3 Å². The minimum atomic E-state index is -0.429. The standard InChI is InChI=1S/C18H21ClN4O3/c1-11-6-7-13(10-12(11)2)26-9-5-8-23-14-15(20-17(23)19)21(3)18(25)22(4)16(14)24/h6-7,10H,5,8-9H2,1-4H3. The highest BCUT2D eigenvalue weighted by molar-refractivity contribution is 6.29. The number of ether oxygens (including phenoxy) is 1. The molecule has 0 atom stereocenters. The normalized spacial score (nSPS) is 11.3. The molecule has 0 amide bonds. The van der Waals surface area contributed by atoms with Crippen LogP contribution in [0.4, 0.5) is 0 Å². The van der Waals surface area contributed by atoms with Crippen molar-refractivity contribution in [2.24, 2.45) is 14.1 Å². The number of nitrogens with zero attached hydrogens (tertiary/aromatic N) is 4. The van der Waals surface area contributed by atoms with Gasteiger partial charge in [-0.05, 0) is 55.1 Å². The zero-order valence-corrected chi connectivity index (χ0v) is 16.0. The van der Waals surface area contributed by atoms with E-state index < -0.39 is 11.2 Å². The van der Waals surface area contributed by atoms with Crippen molar-refractivity contribution >= 4 is 22.8 Å². The number of imidazole rings is 1. The number of benzene rings is 1. The van der Waals surface area contributed by atoms with Crippen molar-refractivity contribution in [2.45, 2.75) is 26.8 Å². The number of hydrogen-bond acceptors (Lipinski definition) is 4. The molecule has 0 N–H and O–H groups in total. The zero-order valence-electron chi connectivity index (χ0n) is 15.2. The Bertz CT molecular complexity index is 1090. The van der Waals surface area contributed by atoms with E-state index in [1.807, 2.05) is 25.1 Å². The summed E-state index contributed by atoms with van der Waals surface area (Å²) in [6.45, 7) is 5.04. The summed E-state index contributed by atoms with van der Waals surface area (Å²) < 4.78 is 9.78. The Morgan fingerprint density at radius 1 is 1.12 bits per heavy atom. The molecule has 0 radical (unpaired) electrons. The monoisotopic (exact) mass is 376 g/mol. The van der Waals surface area contributed by atoms with Crippen molar-refractivity contribution in [3.8, 4) is 5.75 Å². The molecule has 0 aliphatic heterocycles. The maximum atomic E-state index is 12.5. The summed E-state index contributed by atoms with van der Waals surface area (Å²) in [5, 5.41) is 0.185. The van der Waals surface area contributed by atoms with Gasteiger partial charge in [-0.2, -0.15) is 4.98 Å². The van der Waals surface area contributed by atoms with Gasteiger partial charge < -0.3 is 9.30 Å². The Hall–Kier alpha value is -2.54. The van der Waals surface area contributed by atoms with Gasteiger partial charge in [0.2, 0.25) is 5.28 Å². The Kier molecular flexibility index (Phi) is 4.91. The molecule has 0 unspecified atom stereocenters. The second-order valence-electron chi connectivity index (χ2n) is 6.36. The van der Waals surface area contributed by atoms with E-state index in [0.29, 0.717) is 25.1 Å². The molecule has 0 fully saturated rings. The number of halogens is 1. The summed E-state index contributed by atoms with van der Waals surface area (Å²) >= 11 is 6.20. The molecule has 2 aromatic heterocycles. The van der Waals surface area contributed by atoms with Gasteiger partial charge in [-0.3, -0.25) is 13.9 Å². The van der Waals surface area contributed by atoms with Crippen LogP contribution in [-0.2, 0) is 20.6 Å². The molecule has 0 bridgehead atoms. The third kappa shape index (κ3) is 3.14. The Morgan fingerprint density at radius 2 is 1.85 bits per heavy atom. The molecule has 0 spiro atoms. The van der Waals surface area contributed by atoms with Crippen molar-refractivity contribution in [1.29, 1.82) is 0 Å². The molecule has 0 saturated heterocycles. The molecule has 2 heterocycles. The summed E-state index contributed by atoms with van der Waals surface area (Å²) in [5.41, 5.74) is 2.18. The molecule has 3 rings (SSSR count). The summed E-state index contributed by atoms with van der Waals surface area (Å²) in [6, 6.07) is 5.96. The third-order valence-corrected chi connectivity index (χ3v) is 4.86. The van der Waals surface area contributed by atoms with Gasteiger partial charge in [-0.1, -0.05) is 6.07 Å². The minimum absolute atomic E-state index is 0.185. The minimum Gasteiger partial charge on any atom is -0.494 e. The van der Waals surface area contributed by atoms with Crippen molar-refractivity contribution in [1.82, 2.24) is 18.7 Å². The Balaban J connectivity index is 1.79. The molecule has 0 saturated carbocycles. The van der Waals surface area contributed by atoms with Crippen molar-refractivity contribution < 1.29 is 4.74 Å². The van der Waals surface area contributed by atoms with Crippen LogP contribution in [0.25, 0.3) is 11.2 Å². The largest absolute Gasteiger partial charge is 0.494 e. The summed E-state index contributed by atoms with van der Waals surface area (Å²) in [4.78, 5) is 28.6. The molecule has 3 aromatic rings. The third-order valence-electron chi connectivity index (χ3n) is 4.57. The molecule has 8 heteroatoms. The fraction of sp³-hybridized carbons (Fsp3) is 0.389. The molecular formula is C18H21ClN4O3. The van der Waals surface area contributed by atoms with Crippen LogP contribution < -0.4 is 16.0 Å². The number of aryl methyl sites for hydroxylation is 4. The SMILES string of the molecule is Cc1ccc(OCCCn2c(Cl)nc3c2c(=O)n(C)c(=O)n3C)cc1C. The van der Waals surface area contributed by atoms with Gasteiger partial charge >= 0.3 is 5.69 Å². The van der Waals surface area contributed by atoms with Crippen LogP contribution in [0.1, 0.15) is 17.5 Å². The maximum Gasteiger partial charge on any atom is 0.332 e. The number of hydrogen-bond donors (Lipinski definition) is 0. The van der Waals surface area contributed by atoms with Gasteiger partial charge in [0.25, 0.3) is 5.56 Å². The quantitative estimate of drug-likeness (QED) is 0.505. The Labute approximate surface area is 155 Å². The van der Waals surface area contributed by atoms with Crippen molar-refractivity contribution in [3.05, 3.63) is 55.4 Å². The molecule has 7 nitrogen and oxygen atoms in total. The summed E-state index contributed by atoms with van der Waals surface area (Å²) in [5.74, 6) is 0.813. The van der Waals surface area contributed by atoms with Crippen LogP contribution in [0, 0.1) is 13.8 Å². The van der Waals surface area contributed by atoms with Crippen LogP contribution in [0.3, 0.4) is 0 Å². The highest BCUT2D eigenvalue weighted by atomic mass is 35.5. The lowest BCUT2D eigenvalue weighted by molar-refractivity contribution is 0.302. The zero-order chi connectivity index (χ0) is 19.0. The number of fused-ring (bicyclic) bond motifs is 1. The molecule has 138 valence electrons. The molecule has 1 aromatic carbocycles. The van der Waals surface area contributed by atoms with Gasteiger partial charge in [0, 0.05) is 20.6 Å². The fourth-order valence-corrected chi connectivity index (χ4v) is 3.09. The van der Waals surface area contributed by atoms with Gasteiger partial charge in [0.1, 0.15) is 5.75 Å².